The minimum Gasteiger partial charge on any atom is -0.478 e. The number of aromatic carboxylic acids is 1. The molecule has 0 bridgehead atoms. The number of anilines is 1. The SMILES string of the molecule is O=C1CN(S(=O)(=O)c2cccc(NS(=O)(=O)c3ccc(C(=O)O)cc3)c2)CCN1. The van der Waals surface area contributed by atoms with Crippen LogP contribution < -0.4 is 10.0 Å². The van der Waals surface area contributed by atoms with E-state index < -0.39 is 31.9 Å². The highest BCUT2D eigenvalue weighted by Gasteiger charge is 2.29. The predicted octanol–water partition coefficient (Wildman–Crippen LogP) is 0.306. The summed E-state index contributed by atoms with van der Waals surface area (Å²) in [4.78, 5) is 22.0. The smallest absolute Gasteiger partial charge is 0.335 e. The standard InChI is InChI=1S/C17H17N3O7S2/c21-16-11-20(9-8-18-16)29(26,27)15-3-1-2-13(10-15)19-28(24,25)14-6-4-12(5-7-14)17(22)23/h1-7,10,19H,8-9,11H2,(H,18,21)(H,22,23). The van der Waals surface area contributed by atoms with Crippen LogP contribution in [0.1, 0.15) is 10.4 Å². The van der Waals surface area contributed by atoms with Gasteiger partial charge >= 0.3 is 5.97 Å². The maximum Gasteiger partial charge on any atom is 0.335 e. The Hall–Kier alpha value is -2.96. The first-order valence-corrected chi connectivity index (χ1v) is 11.2. The number of benzene rings is 2. The second-order valence-electron chi connectivity index (χ2n) is 6.15. The quantitative estimate of drug-likeness (QED) is 0.586. The summed E-state index contributed by atoms with van der Waals surface area (Å²) >= 11 is 0. The molecule has 0 atom stereocenters. The molecular weight excluding hydrogens is 422 g/mol. The summed E-state index contributed by atoms with van der Waals surface area (Å²) in [7, 11) is -8.05. The van der Waals surface area contributed by atoms with E-state index in [1.807, 2.05) is 0 Å². The van der Waals surface area contributed by atoms with Crippen molar-refractivity contribution in [1.29, 1.82) is 0 Å². The number of nitrogens with zero attached hydrogens (tertiary/aromatic N) is 1. The average molecular weight is 439 g/mol. The van der Waals surface area contributed by atoms with E-state index in [2.05, 4.69) is 10.0 Å². The van der Waals surface area contributed by atoms with Crippen molar-refractivity contribution < 1.29 is 31.5 Å². The Morgan fingerprint density at radius 3 is 2.34 bits per heavy atom. The molecule has 0 spiro atoms. The monoisotopic (exact) mass is 439 g/mol. The lowest BCUT2D eigenvalue weighted by Crippen LogP contribution is -2.49. The zero-order valence-electron chi connectivity index (χ0n) is 14.9. The van der Waals surface area contributed by atoms with E-state index in [0.717, 1.165) is 34.6 Å². The summed E-state index contributed by atoms with van der Waals surface area (Å²) < 4.78 is 53.8. The highest BCUT2D eigenvalue weighted by molar-refractivity contribution is 7.92. The Kier molecular flexibility index (Phi) is 5.59. The number of carboxylic acid groups (broad SMARTS) is 1. The number of carbonyl (C=O) groups excluding carboxylic acids is 1. The minimum absolute atomic E-state index is 0.00912. The van der Waals surface area contributed by atoms with Gasteiger partial charge in [-0.25, -0.2) is 21.6 Å². The third kappa shape index (κ3) is 4.55. The summed E-state index contributed by atoms with van der Waals surface area (Å²) in [6, 6.07) is 9.80. The fourth-order valence-electron chi connectivity index (χ4n) is 2.68. The van der Waals surface area contributed by atoms with E-state index in [-0.39, 0.29) is 40.7 Å². The highest BCUT2D eigenvalue weighted by Crippen LogP contribution is 2.22. The van der Waals surface area contributed by atoms with E-state index in [4.69, 9.17) is 5.11 Å². The van der Waals surface area contributed by atoms with Crippen LogP contribution in [0.25, 0.3) is 0 Å². The molecule has 1 fully saturated rings. The number of hydrogen-bond acceptors (Lipinski definition) is 6. The number of nitrogens with one attached hydrogen (secondary N) is 2. The zero-order valence-corrected chi connectivity index (χ0v) is 16.5. The van der Waals surface area contributed by atoms with Crippen LogP contribution in [0.15, 0.2) is 58.3 Å². The van der Waals surface area contributed by atoms with Crippen LogP contribution in [0, 0.1) is 0 Å². The Morgan fingerprint density at radius 1 is 1.03 bits per heavy atom. The van der Waals surface area contributed by atoms with Crippen molar-refractivity contribution in [2.45, 2.75) is 9.79 Å². The van der Waals surface area contributed by atoms with Crippen LogP contribution in [0.5, 0.6) is 0 Å². The minimum atomic E-state index is -4.07. The molecule has 3 rings (SSSR count). The van der Waals surface area contributed by atoms with Crippen molar-refractivity contribution >= 4 is 37.6 Å². The van der Waals surface area contributed by atoms with Crippen molar-refractivity contribution in [2.24, 2.45) is 0 Å². The molecule has 1 amide bonds. The molecule has 0 aliphatic carbocycles. The number of rotatable bonds is 6. The lowest BCUT2D eigenvalue weighted by Gasteiger charge is -2.26. The summed E-state index contributed by atoms with van der Waals surface area (Å²) in [5, 5.41) is 11.4. The van der Waals surface area contributed by atoms with Gasteiger partial charge in [-0.15, -0.1) is 0 Å². The van der Waals surface area contributed by atoms with Gasteiger partial charge in [0, 0.05) is 13.1 Å². The Bertz CT molecular complexity index is 1160. The molecule has 12 heteroatoms. The summed E-state index contributed by atoms with van der Waals surface area (Å²) in [5.74, 6) is -1.60. The fourth-order valence-corrected chi connectivity index (χ4v) is 5.17. The summed E-state index contributed by atoms with van der Waals surface area (Å²) in [5.41, 5.74) is -0.0579. The second-order valence-corrected chi connectivity index (χ2v) is 9.77. The maximum atomic E-state index is 12.7. The van der Waals surface area contributed by atoms with E-state index in [1.165, 1.54) is 18.2 Å². The molecule has 1 saturated heterocycles. The molecule has 1 aliphatic heterocycles. The first-order valence-electron chi connectivity index (χ1n) is 8.33. The van der Waals surface area contributed by atoms with Crippen LogP contribution in [-0.2, 0) is 24.8 Å². The van der Waals surface area contributed by atoms with E-state index in [0.29, 0.717) is 0 Å². The van der Waals surface area contributed by atoms with Crippen LogP contribution in [0.3, 0.4) is 0 Å². The average Bonchev–Trinajstić information content (AvgIpc) is 2.68. The predicted molar refractivity (Wildman–Crippen MR) is 102 cm³/mol. The van der Waals surface area contributed by atoms with Gasteiger partial charge in [0.2, 0.25) is 15.9 Å². The molecule has 0 radical (unpaired) electrons. The van der Waals surface area contributed by atoms with Gasteiger partial charge in [-0.1, -0.05) is 6.07 Å². The molecule has 0 unspecified atom stereocenters. The van der Waals surface area contributed by atoms with Gasteiger partial charge in [0.25, 0.3) is 10.0 Å². The summed E-state index contributed by atoms with van der Waals surface area (Å²) in [6.45, 7) is -0.00904. The number of amides is 1. The molecule has 2 aromatic rings. The van der Waals surface area contributed by atoms with Crippen LogP contribution in [0.2, 0.25) is 0 Å². The van der Waals surface area contributed by atoms with Gasteiger partial charge in [-0.3, -0.25) is 9.52 Å². The van der Waals surface area contributed by atoms with E-state index in [9.17, 15) is 26.4 Å². The molecule has 3 N–H and O–H groups in total. The third-order valence-corrected chi connectivity index (χ3v) is 7.38. The van der Waals surface area contributed by atoms with Gasteiger partial charge in [-0.2, -0.15) is 4.31 Å². The normalized spacial score (nSPS) is 15.5. The van der Waals surface area contributed by atoms with Crippen molar-refractivity contribution in [3.63, 3.8) is 0 Å². The van der Waals surface area contributed by atoms with Gasteiger partial charge in [0.1, 0.15) is 0 Å². The number of carboxylic acids is 1. The second kappa shape index (κ2) is 7.81. The highest BCUT2D eigenvalue weighted by atomic mass is 32.2. The lowest BCUT2D eigenvalue weighted by molar-refractivity contribution is -0.122. The summed E-state index contributed by atoms with van der Waals surface area (Å²) in [6.07, 6.45) is 0. The largest absolute Gasteiger partial charge is 0.478 e. The molecular formula is C17H17N3O7S2. The number of hydrogen-bond donors (Lipinski definition) is 3. The molecule has 0 aromatic heterocycles. The van der Waals surface area contributed by atoms with Gasteiger partial charge in [0.15, 0.2) is 0 Å². The topological polar surface area (TPSA) is 150 Å². The van der Waals surface area contributed by atoms with Gasteiger partial charge in [-0.05, 0) is 42.5 Å². The van der Waals surface area contributed by atoms with Crippen molar-refractivity contribution in [2.75, 3.05) is 24.4 Å². The van der Waals surface area contributed by atoms with Crippen LogP contribution in [-0.4, -0.2) is 57.8 Å². The van der Waals surface area contributed by atoms with Gasteiger partial charge < -0.3 is 10.4 Å². The van der Waals surface area contributed by atoms with Crippen molar-refractivity contribution in [3.8, 4) is 0 Å². The first-order chi connectivity index (χ1) is 13.6. The fraction of sp³-hybridized carbons (Fsp3) is 0.176. The molecule has 0 saturated carbocycles. The zero-order chi connectivity index (χ0) is 21.2. The number of piperazine rings is 1. The molecule has 1 aliphatic rings. The maximum absolute atomic E-state index is 12.7. The van der Waals surface area contributed by atoms with Crippen LogP contribution >= 0.6 is 0 Å². The van der Waals surface area contributed by atoms with E-state index in [1.54, 1.807) is 0 Å². The molecule has 154 valence electrons. The van der Waals surface area contributed by atoms with Crippen LogP contribution in [0.4, 0.5) is 5.69 Å². The van der Waals surface area contributed by atoms with E-state index >= 15 is 0 Å². The molecule has 2 aromatic carbocycles. The molecule has 10 nitrogen and oxygen atoms in total. The Morgan fingerprint density at radius 2 is 1.72 bits per heavy atom. The van der Waals surface area contributed by atoms with Crippen molar-refractivity contribution in [3.05, 3.63) is 54.1 Å². The number of sulfonamides is 2. The molecule has 1 heterocycles. The Labute approximate surface area is 167 Å². The van der Waals surface area contributed by atoms with Gasteiger partial charge in [0.05, 0.1) is 27.6 Å². The number of carbonyl (C=O) groups is 2. The third-order valence-electron chi connectivity index (χ3n) is 4.14. The molecule has 29 heavy (non-hydrogen) atoms. The first kappa shape index (κ1) is 20.8. The lowest BCUT2D eigenvalue weighted by atomic mass is 10.2. The van der Waals surface area contributed by atoms with Crippen molar-refractivity contribution in [1.82, 2.24) is 9.62 Å². The Balaban J connectivity index is 1.85.